The number of hydrogen-bond acceptors (Lipinski definition) is 4. The van der Waals surface area contributed by atoms with Crippen molar-refractivity contribution in [3.8, 4) is 11.5 Å². The number of fused-ring (bicyclic) bond motifs is 1. The third-order valence-electron chi connectivity index (χ3n) is 5.29. The molecule has 4 rings (SSSR count). The third-order valence-corrected chi connectivity index (χ3v) is 5.29. The molecule has 2 aromatic rings. The normalized spacial score (nSPS) is 18.1. The summed E-state index contributed by atoms with van der Waals surface area (Å²) in [5.41, 5.74) is 4.01. The molecule has 1 fully saturated rings. The van der Waals surface area contributed by atoms with Crippen molar-refractivity contribution in [1.29, 1.82) is 0 Å². The van der Waals surface area contributed by atoms with Gasteiger partial charge >= 0.3 is 0 Å². The van der Waals surface area contributed by atoms with Crippen molar-refractivity contribution < 1.29 is 19.1 Å². The fourth-order valence-electron chi connectivity index (χ4n) is 3.55. The van der Waals surface area contributed by atoms with Crippen LogP contribution in [0.15, 0.2) is 36.4 Å². The van der Waals surface area contributed by atoms with Crippen molar-refractivity contribution >= 4 is 17.5 Å². The van der Waals surface area contributed by atoms with Gasteiger partial charge in [-0.1, -0.05) is 18.2 Å². The molecule has 0 bridgehead atoms. The summed E-state index contributed by atoms with van der Waals surface area (Å²) in [6, 6.07) is 11.5. The molecule has 2 heterocycles. The van der Waals surface area contributed by atoms with Gasteiger partial charge in [0.05, 0.1) is 0 Å². The van der Waals surface area contributed by atoms with Crippen LogP contribution in [0.1, 0.15) is 23.1 Å². The number of ether oxygens (including phenoxy) is 2. The number of hydrogen-bond donors (Lipinski definition) is 1. The van der Waals surface area contributed by atoms with Crippen LogP contribution in [0, 0.1) is 19.8 Å². The smallest absolute Gasteiger partial charge is 0.239 e. The van der Waals surface area contributed by atoms with Gasteiger partial charge in [0.15, 0.2) is 11.5 Å². The fraction of sp³-hybridized carbons (Fsp3) is 0.333. The SMILES string of the molecule is Cc1cccc(N2CC[C@@H](C(=O)NCc3ccc4c(c3)OCO4)C2=O)c1C. The van der Waals surface area contributed by atoms with Gasteiger partial charge in [-0.2, -0.15) is 0 Å². The minimum absolute atomic E-state index is 0.133. The molecule has 6 nitrogen and oxygen atoms in total. The van der Waals surface area contributed by atoms with Gasteiger partial charge in [-0.05, 0) is 55.2 Å². The number of carbonyl (C=O) groups is 2. The molecular formula is C21H22N2O4. The zero-order valence-electron chi connectivity index (χ0n) is 15.5. The molecule has 0 saturated carbocycles. The molecule has 2 aromatic carbocycles. The van der Waals surface area contributed by atoms with E-state index in [0.717, 1.165) is 22.4 Å². The fourth-order valence-corrected chi connectivity index (χ4v) is 3.55. The van der Waals surface area contributed by atoms with Crippen LogP contribution >= 0.6 is 0 Å². The Bertz CT molecular complexity index is 909. The third kappa shape index (κ3) is 3.23. The van der Waals surface area contributed by atoms with E-state index in [1.807, 2.05) is 50.2 Å². The van der Waals surface area contributed by atoms with E-state index in [1.165, 1.54) is 0 Å². The molecule has 0 aliphatic carbocycles. The molecule has 1 N–H and O–H groups in total. The van der Waals surface area contributed by atoms with Gasteiger partial charge in [-0.3, -0.25) is 9.59 Å². The van der Waals surface area contributed by atoms with Gasteiger partial charge in [-0.25, -0.2) is 0 Å². The van der Waals surface area contributed by atoms with E-state index >= 15 is 0 Å². The maximum atomic E-state index is 12.8. The molecule has 0 radical (unpaired) electrons. The van der Waals surface area contributed by atoms with Crippen LogP contribution in [0.2, 0.25) is 0 Å². The second kappa shape index (κ2) is 6.95. The van der Waals surface area contributed by atoms with E-state index < -0.39 is 5.92 Å². The Balaban J connectivity index is 1.41. The van der Waals surface area contributed by atoms with Crippen molar-refractivity contribution in [3.05, 3.63) is 53.1 Å². The highest BCUT2D eigenvalue weighted by atomic mass is 16.7. The summed E-state index contributed by atoms with van der Waals surface area (Å²) in [4.78, 5) is 27.1. The minimum Gasteiger partial charge on any atom is -0.454 e. The van der Waals surface area contributed by atoms with Crippen molar-refractivity contribution in [2.24, 2.45) is 5.92 Å². The van der Waals surface area contributed by atoms with E-state index in [4.69, 9.17) is 9.47 Å². The lowest BCUT2D eigenvalue weighted by molar-refractivity contribution is -0.132. The van der Waals surface area contributed by atoms with Crippen LogP contribution in [0.4, 0.5) is 5.69 Å². The van der Waals surface area contributed by atoms with Crippen molar-refractivity contribution in [2.45, 2.75) is 26.8 Å². The molecule has 0 aromatic heterocycles. The number of carbonyl (C=O) groups excluding carboxylic acids is 2. The number of nitrogens with one attached hydrogen (secondary N) is 1. The van der Waals surface area contributed by atoms with E-state index in [0.29, 0.717) is 31.0 Å². The van der Waals surface area contributed by atoms with Crippen LogP contribution in [0.5, 0.6) is 11.5 Å². The average molecular weight is 366 g/mol. The molecule has 2 aliphatic heterocycles. The first-order valence-electron chi connectivity index (χ1n) is 9.08. The maximum Gasteiger partial charge on any atom is 0.239 e. The Kier molecular flexibility index (Phi) is 4.48. The first kappa shape index (κ1) is 17.4. The average Bonchev–Trinajstić information content (AvgIpc) is 3.28. The molecule has 1 saturated heterocycles. The van der Waals surface area contributed by atoms with E-state index in [-0.39, 0.29) is 18.6 Å². The van der Waals surface area contributed by atoms with Gasteiger partial charge in [0.25, 0.3) is 0 Å². The number of anilines is 1. The molecule has 140 valence electrons. The lowest BCUT2D eigenvalue weighted by Gasteiger charge is -2.20. The standard InChI is InChI=1S/C21H22N2O4/c1-13-4-3-5-17(14(13)2)23-9-8-16(21(23)25)20(24)22-11-15-6-7-18-19(10-15)27-12-26-18/h3-7,10,16H,8-9,11-12H2,1-2H3,(H,22,24)/t16-/m0/s1. The van der Waals surface area contributed by atoms with Gasteiger partial charge in [0, 0.05) is 18.8 Å². The quantitative estimate of drug-likeness (QED) is 0.845. The summed E-state index contributed by atoms with van der Waals surface area (Å²) in [6.07, 6.45) is 0.527. The zero-order valence-corrected chi connectivity index (χ0v) is 15.5. The Morgan fingerprint density at radius 1 is 1.19 bits per heavy atom. The molecule has 2 amide bonds. The molecule has 6 heteroatoms. The van der Waals surface area contributed by atoms with Gasteiger partial charge in [0.2, 0.25) is 18.6 Å². The molecule has 0 spiro atoms. The number of benzene rings is 2. The topological polar surface area (TPSA) is 67.9 Å². The van der Waals surface area contributed by atoms with Crippen molar-refractivity contribution in [2.75, 3.05) is 18.2 Å². The van der Waals surface area contributed by atoms with E-state index in [9.17, 15) is 9.59 Å². The molecule has 27 heavy (non-hydrogen) atoms. The van der Waals surface area contributed by atoms with E-state index in [2.05, 4.69) is 5.32 Å². The number of rotatable bonds is 4. The highest BCUT2D eigenvalue weighted by Gasteiger charge is 2.38. The second-order valence-corrected chi connectivity index (χ2v) is 6.96. The Morgan fingerprint density at radius 2 is 2.00 bits per heavy atom. The van der Waals surface area contributed by atoms with Crippen LogP contribution in [-0.4, -0.2) is 25.2 Å². The summed E-state index contributed by atoms with van der Waals surface area (Å²) in [7, 11) is 0. The lowest BCUT2D eigenvalue weighted by atomic mass is 10.1. The first-order valence-corrected chi connectivity index (χ1v) is 9.08. The molecule has 1 atom stereocenters. The van der Waals surface area contributed by atoms with Crippen LogP contribution in [-0.2, 0) is 16.1 Å². The molecule has 2 aliphatic rings. The predicted octanol–water partition coefficient (Wildman–Crippen LogP) is 2.70. The first-order chi connectivity index (χ1) is 13.0. The maximum absolute atomic E-state index is 12.8. The number of amides is 2. The van der Waals surface area contributed by atoms with Crippen LogP contribution < -0.4 is 19.7 Å². The summed E-state index contributed by atoms with van der Waals surface area (Å²) < 4.78 is 10.6. The van der Waals surface area contributed by atoms with Gasteiger partial charge in [-0.15, -0.1) is 0 Å². The molecular weight excluding hydrogens is 344 g/mol. The zero-order chi connectivity index (χ0) is 19.0. The number of aryl methyl sites for hydroxylation is 1. The van der Waals surface area contributed by atoms with Crippen molar-refractivity contribution in [1.82, 2.24) is 5.32 Å². The largest absolute Gasteiger partial charge is 0.454 e. The van der Waals surface area contributed by atoms with Gasteiger partial charge in [0.1, 0.15) is 5.92 Å². The van der Waals surface area contributed by atoms with Crippen LogP contribution in [0.25, 0.3) is 0 Å². The Morgan fingerprint density at radius 3 is 2.85 bits per heavy atom. The van der Waals surface area contributed by atoms with Gasteiger partial charge < -0.3 is 19.7 Å². The van der Waals surface area contributed by atoms with Crippen molar-refractivity contribution in [3.63, 3.8) is 0 Å². The predicted molar refractivity (Wildman–Crippen MR) is 101 cm³/mol. The van der Waals surface area contributed by atoms with Crippen LogP contribution in [0.3, 0.4) is 0 Å². The number of nitrogens with zero attached hydrogens (tertiary/aromatic N) is 1. The summed E-state index contributed by atoms with van der Waals surface area (Å²) in [6.45, 7) is 5.16. The minimum atomic E-state index is -0.640. The summed E-state index contributed by atoms with van der Waals surface area (Å²) in [5.74, 6) is 0.385. The highest BCUT2D eigenvalue weighted by Crippen LogP contribution is 2.33. The summed E-state index contributed by atoms with van der Waals surface area (Å²) in [5, 5.41) is 2.88. The monoisotopic (exact) mass is 366 g/mol. The molecule has 0 unspecified atom stereocenters. The lowest BCUT2D eigenvalue weighted by Crippen LogP contribution is -2.36. The summed E-state index contributed by atoms with van der Waals surface area (Å²) >= 11 is 0. The van der Waals surface area contributed by atoms with E-state index in [1.54, 1.807) is 4.90 Å². The highest BCUT2D eigenvalue weighted by molar-refractivity contribution is 6.09. The Labute approximate surface area is 158 Å². The Hall–Kier alpha value is -3.02. The second-order valence-electron chi connectivity index (χ2n) is 6.96.